The minimum absolute atomic E-state index is 0.00543. The van der Waals surface area contributed by atoms with Crippen molar-refractivity contribution in [1.29, 1.82) is 0 Å². The molecule has 2 atom stereocenters. The maximum Gasteiger partial charge on any atom is 0.245 e. The molecule has 22 heavy (non-hydrogen) atoms. The fraction of sp³-hybridized carbons (Fsp3) is 0.600. The topological polar surface area (TPSA) is 84.4 Å². The molecule has 7 heteroatoms. The molecule has 0 radical (unpaired) electrons. The second kappa shape index (κ2) is 6.29. The summed E-state index contributed by atoms with van der Waals surface area (Å²) in [6, 6.07) is 3.27. The van der Waals surface area contributed by atoms with Crippen LogP contribution in [0.2, 0.25) is 0 Å². The molecule has 2 fully saturated rings. The SMILES string of the molecule is Cc1ccc(OC2CCCN(C(=O)C3CCC(=O)N3)C2)nn1. The molecule has 2 aliphatic rings. The molecule has 3 heterocycles. The summed E-state index contributed by atoms with van der Waals surface area (Å²) in [5, 5.41) is 10.7. The summed E-state index contributed by atoms with van der Waals surface area (Å²) < 4.78 is 5.82. The van der Waals surface area contributed by atoms with Crippen LogP contribution >= 0.6 is 0 Å². The molecule has 0 spiro atoms. The van der Waals surface area contributed by atoms with Crippen molar-refractivity contribution in [1.82, 2.24) is 20.4 Å². The summed E-state index contributed by atoms with van der Waals surface area (Å²) in [6.45, 7) is 3.11. The minimum Gasteiger partial charge on any atom is -0.471 e. The largest absolute Gasteiger partial charge is 0.471 e. The lowest BCUT2D eigenvalue weighted by atomic mass is 10.1. The molecule has 2 saturated heterocycles. The van der Waals surface area contributed by atoms with E-state index in [2.05, 4.69) is 15.5 Å². The lowest BCUT2D eigenvalue weighted by Gasteiger charge is -2.33. The van der Waals surface area contributed by atoms with Gasteiger partial charge in [0.25, 0.3) is 0 Å². The molecule has 1 N–H and O–H groups in total. The highest BCUT2D eigenvalue weighted by Gasteiger charge is 2.33. The Morgan fingerprint density at radius 3 is 2.91 bits per heavy atom. The van der Waals surface area contributed by atoms with Crippen LogP contribution in [-0.4, -0.2) is 52.1 Å². The number of ether oxygens (including phenoxy) is 1. The van der Waals surface area contributed by atoms with E-state index in [1.165, 1.54) is 0 Å². The highest BCUT2D eigenvalue weighted by Crippen LogP contribution is 2.19. The van der Waals surface area contributed by atoms with Crippen LogP contribution in [0.25, 0.3) is 0 Å². The normalized spacial score (nSPS) is 25.0. The van der Waals surface area contributed by atoms with E-state index in [-0.39, 0.29) is 24.0 Å². The van der Waals surface area contributed by atoms with Gasteiger partial charge in [0.2, 0.25) is 17.7 Å². The summed E-state index contributed by atoms with van der Waals surface area (Å²) in [6.07, 6.45) is 2.71. The van der Waals surface area contributed by atoms with Crippen LogP contribution in [0, 0.1) is 6.92 Å². The number of nitrogens with zero attached hydrogens (tertiary/aromatic N) is 3. The van der Waals surface area contributed by atoms with Gasteiger partial charge < -0.3 is 15.0 Å². The third kappa shape index (κ3) is 3.35. The van der Waals surface area contributed by atoms with Gasteiger partial charge in [0.15, 0.2) is 0 Å². The zero-order chi connectivity index (χ0) is 15.5. The number of carbonyl (C=O) groups excluding carboxylic acids is 2. The van der Waals surface area contributed by atoms with E-state index < -0.39 is 0 Å². The fourth-order valence-corrected chi connectivity index (χ4v) is 2.87. The fourth-order valence-electron chi connectivity index (χ4n) is 2.87. The highest BCUT2D eigenvalue weighted by atomic mass is 16.5. The molecule has 0 aromatic carbocycles. The van der Waals surface area contributed by atoms with E-state index in [9.17, 15) is 9.59 Å². The van der Waals surface area contributed by atoms with Gasteiger partial charge in [-0.2, -0.15) is 5.10 Å². The number of rotatable bonds is 3. The molecule has 2 aliphatic heterocycles. The summed E-state index contributed by atoms with van der Waals surface area (Å²) >= 11 is 0. The molecule has 118 valence electrons. The number of piperidine rings is 1. The average molecular weight is 304 g/mol. The quantitative estimate of drug-likeness (QED) is 0.875. The monoisotopic (exact) mass is 304 g/mol. The van der Waals surface area contributed by atoms with Gasteiger partial charge in [-0.25, -0.2) is 0 Å². The zero-order valence-corrected chi connectivity index (χ0v) is 12.6. The number of aromatic nitrogens is 2. The summed E-state index contributed by atoms with van der Waals surface area (Å²) in [4.78, 5) is 25.5. The maximum atomic E-state index is 12.4. The second-order valence-corrected chi connectivity index (χ2v) is 5.84. The zero-order valence-electron chi connectivity index (χ0n) is 12.6. The highest BCUT2D eigenvalue weighted by molar-refractivity contribution is 5.90. The maximum absolute atomic E-state index is 12.4. The first kappa shape index (κ1) is 14.7. The average Bonchev–Trinajstić information content (AvgIpc) is 2.96. The van der Waals surface area contributed by atoms with Crippen molar-refractivity contribution < 1.29 is 14.3 Å². The number of likely N-dealkylation sites (tertiary alicyclic amines) is 1. The molecule has 2 unspecified atom stereocenters. The van der Waals surface area contributed by atoms with Crippen LogP contribution in [-0.2, 0) is 9.59 Å². The van der Waals surface area contributed by atoms with Crippen LogP contribution in [0.3, 0.4) is 0 Å². The molecule has 7 nitrogen and oxygen atoms in total. The van der Waals surface area contributed by atoms with Gasteiger partial charge in [-0.1, -0.05) is 0 Å². The Morgan fingerprint density at radius 1 is 1.36 bits per heavy atom. The van der Waals surface area contributed by atoms with Gasteiger partial charge in [0, 0.05) is 19.0 Å². The van der Waals surface area contributed by atoms with E-state index in [1.54, 1.807) is 11.0 Å². The molecule has 0 bridgehead atoms. The molecular formula is C15H20N4O3. The molecule has 0 aliphatic carbocycles. The number of aryl methyl sites for hydroxylation is 1. The van der Waals surface area contributed by atoms with Crippen molar-refractivity contribution in [3.8, 4) is 5.88 Å². The predicted molar refractivity (Wildman–Crippen MR) is 78.2 cm³/mol. The van der Waals surface area contributed by atoms with Crippen LogP contribution in [0.5, 0.6) is 5.88 Å². The Kier molecular flexibility index (Phi) is 4.22. The van der Waals surface area contributed by atoms with Crippen molar-refractivity contribution in [2.75, 3.05) is 13.1 Å². The number of amides is 2. The molecule has 2 amide bonds. The molecule has 0 saturated carbocycles. The van der Waals surface area contributed by atoms with Gasteiger partial charge in [-0.3, -0.25) is 9.59 Å². The summed E-state index contributed by atoms with van der Waals surface area (Å²) in [5.41, 5.74) is 0.838. The first-order valence-electron chi connectivity index (χ1n) is 7.67. The lowest BCUT2D eigenvalue weighted by Crippen LogP contribution is -2.50. The first-order chi connectivity index (χ1) is 10.6. The Morgan fingerprint density at radius 2 is 2.23 bits per heavy atom. The summed E-state index contributed by atoms with van der Waals surface area (Å²) in [7, 11) is 0. The van der Waals surface area contributed by atoms with E-state index in [4.69, 9.17) is 4.74 Å². The van der Waals surface area contributed by atoms with Crippen molar-refractivity contribution in [3.63, 3.8) is 0 Å². The number of hydrogen-bond donors (Lipinski definition) is 1. The Balaban J connectivity index is 1.58. The molecular weight excluding hydrogens is 284 g/mol. The number of hydrogen-bond acceptors (Lipinski definition) is 5. The van der Waals surface area contributed by atoms with Crippen LogP contribution in [0.4, 0.5) is 0 Å². The van der Waals surface area contributed by atoms with Gasteiger partial charge in [-0.15, -0.1) is 5.10 Å². The Labute approximate surface area is 129 Å². The van der Waals surface area contributed by atoms with E-state index >= 15 is 0 Å². The molecule has 1 aromatic heterocycles. The van der Waals surface area contributed by atoms with Crippen LogP contribution < -0.4 is 10.1 Å². The van der Waals surface area contributed by atoms with E-state index in [1.807, 2.05) is 13.0 Å². The third-order valence-electron chi connectivity index (χ3n) is 4.04. The Hall–Kier alpha value is -2.18. The van der Waals surface area contributed by atoms with Gasteiger partial charge >= 0.3 is 0 Å². The van der Waals surface area contributed by atoms with Crippen LogP contribution in [0.15, 0.2) is 12.1 Å². The third-order valence-corrected chi connectivity index (χ3v) is 4.04. The Bertz CT molecular complexity index is 560. The van der Waals surface area contributed by atoms with Crippen molar-refractivity contribution in [2.24, 2.45) is 0 Å². The van der Waals surface area contributed by atoms with Crippen LogP contribution in [0.1, 0.15) is 31.4 Å². The number of nitrogens with one attached hydrogen (secondary N) is 1. The minimum atomic E-state index is -0.370. The molecule has 3 rings (SSSR count). The van der Waals surface area contributed by atoms with E-state index in [0.29, 0.717) is 31.8 Å². The van der Waals surface area contributed by atoms with Crippen molar-refractivity contribution in [3.05, 3.63) is 17.8 Å². The molecule has 1 aromatic rings. The van der Waals surface area contributed by atoms with E-state index in [0.717, 1.165) is 18.5 Å². The van der Waals surface area contributed by atoms with Crippen molar-refractivity contribution >= 4 is 11.8 Å². The smallest absolute Gasteiger partial charge is 0.245 e. The lowest BCUT2D eigenvalue weighted by molar-refractivity contribution is -0.136. The standard InChI is InChI=1S/C15H20N4O3/c1-10-4-7-14(18-17-10)22-11-3-2-8-19(9-11)15(21)12-5-6-13(20)16-12/h4,7,11-12H,2-3,5-6,8-9H2,1H3,(H,16,20). The first-order valence-corrected chi connectivity index (χ1v) is 7.67. The van der Waals surface area contributed by atoms with Gasteiger partial charge in [0.05, 0.1) is 12.2 Å². The van der Waals surface area contributed by atoms with Crippen molar-refractivity contribution in [2.45, 2.75) is 44.8 Å². The number of carbonyl (C=O) groups is 2. The van der Waals surface area contributed by atoms with Gasteiger partial charge in [0.1, 0.15) is 12.1 Å². The second-order valence-electron chi connectivity index (χ2n) is 5.84. The predicted octanol–water partition coefficient (Wildman–Crippen LogP) is 0.433. The van der Waals surface area contributed by atoms with Gasteiger partial charge in [-0.05, 0) is 32.3 Å². The summed E-state index contributed by atoms with van der Waals surface area (Å²) in [5.74, 6) is 0.436.